The largest absolute Gasteiger partial charge is 0.383 e. The number of fused-ring (bicyclic) bond motifs is 2. The lowest BCUT2D eigenvalue weighted by molar-refractivity contribution is -0.117. The van der Waals surface area contributed by atoms with Gasteiger partial charge < -0.3 is 10.6 Å². The molecule has 0 fully saturated rings. The van der Waals surface area contributed by atoms with Crippen LogP contribution in [0.2, 0.25) is 0 Å². The Kier molecular flexibility index (Phi) is 4.75. The number of anilines is 2. The molecule has 5 rings (SSSR count). The molecule has 0 spiro atoms. The Morgan fingerprint density at radius 3 is 2.86 bits per heavy atom. The maximum Gasteiger partial charge on any atom is 0.231 e. The van der Waals surface area contributed by atoms with Crippen LogP contribution < -0.4 is 10.6 Å². The van der Waals surface area contributed by atoms with Gasteiger partial charge in [-0.15, -0.1) is 11.3 Å². The van der Waals surface area contributed by atoms with Crippen molar-refractivity contribution in [1.82, 2.24) is 4.98 Å². The molecular weight excluding hydrogens is 493 g/mol. The summed E-state index contributed by atoms with van der Waals surface area (Å²) in [5.41, 5.74) is 11.7. The van der Waals surface area contributed by atoms with Crippen LogP contribution in [-0.4, -0.2) is 17.4 Å². The number of pyridine rings is 1. The molecule has 4 nitrogen and oxygen atoms in total. The molecule has 0 aliphatic carbocycles. The quantitative estimate of drug-likeness (QED) is 0.381. The molecule has 29 heavy (non-hydrogen) atoms. The van der Waals surface area contributed by atoms with Gasteiger partial charge in [0.1, 0.15) is 5.82 Å². The van der Waals surface area contributed by atoms with Crippen LogP contribution in [0.25, 0.3) is 21.2 Å². The van der Waals surface area contributed by atoms with Crippen LogP contribution in [0.15, 0.2) is 60.1 Å². The zero-order valence-electron chi connectivity index (χ0n) is 15.6. The fourth-order valence-corrected chi connectivity index (χ4v) is 5.72. The molecule has 3 heterocycles. The summed E-state index contributed by atoms with van der Waals surface area (Å²) in [5.74, 6) is 0.712. The van der Waals surface area contributed by atoms with Gasteiger partial charge in [0.2, 0.25) is 5.91 Å². The first-order chi connectivity index (χ1) is 14.1. The fourth-order valence-electron chi connectivity index (χ4n) is 3.94. The monoisotopic (exact) mass is 511 g/mol. The van der Waals surface area contributed by atoms with Gasteiger partial charge >= 0.3 is 0 Å². The van der Waals surface area contributed by atoms with Gasteiger partial charge in [-0.1, -0.05) is 36.4 Å². The number of halogens is 1. The van der Waals surface area contributed by atoms with Crippen LogP contribution in [0, 0.1) is 3.57 Å². The average Bonchev–Trinajstić information content (AvgIpc) is 3.36. The van der Waals surface area contributed by atoms with Crippen molar-refractivity contribution < 1.29 is 4.79 Å². The first kappa shape index (κ1) is 18.6. The van der Waals surface area contributed by atoms with E-state index in [9.17, 15) is 4.79 Å². The molecule has 0 bridgehead atoms. The van der Waals surface area contributed by atoms with Crippen LogP contribution in [0.3, 0.4) is 0 Å². The normalized spacial score (nSPS) is 13.1. The van der Waals surface area contributed by atoms with Crippen molar-refractivity contribution in [3.05, 3.63) is 74.8 Å². The molecule has 0 saturated heterocycles. The van der Waals surface area contributed by atoms with Crippen LogP contribution in [0.5, 0.6) is 0 Å². The lowest BCUT2D eigenvalue weighted by Crippen LogP contribution is -2.30. The molecule has 6 heteroatoms. The fraction of sp³-hybridized carbons (Fsp3) is 0.130. The Labute approximate surface area is 186 Å². The number of nitrogens with two attached hydrogens (primary N) is 1. The predicted octanol–water partition coefficient (Wildman–Crippen LogP) is 5.28. The standard InChI is InChI=1S/C23H18IN3OS/c24-18-12-26-23(25)21-17(13-29-22(18)21)15-6-7-19-16(11-15)8-9-27(19)20(28)10-14-4-2-1-3-5-14/h1-7,11-13H,8-10H2,(H2,25,26). The van der Waals surface area contributed by atoms with Gasteiger partial charge in [0.25, 0.3) is 0 Å². The summed E-state index contributed by atoms with van der Waals surface area (Å²) in [6, 6.07) is 16.3. The highest BCUT2D eigenvalue weighted by Gasteiger charge is 2.25. The third kappa shape index (κ3) is 3.30. The van der Waals surface area contributed by atoms with Gasteiger partial charge in [-0.2, -0.15) is 0 Å². The van der Waals surface area contributed by atoms with Crippen molar-refractivity contribution in [2.75, 3.05) is 17.2 Å². The summed E-state index contributed by atoms with van der Waals surface area (Å²) < 4.78 is 2.29. The van der Waals surface area contributed by atoms with E-state index in [2.05, 4.69) is 51.2 Å². The predicted molar refractivity (Wildman–Crippen MR) is 128 cm³/mol. The van der Waals surface area contributed by atoms with E-state index in [0.717, 1.165) is 44.3 Å². The van der Waals surface area contributed by atoms with Gasteiger partial charge in [0.15, 0.2) is 0 Å². The second-order valence-corrected chi connectivity index (χ2v) is 9.19. The molecule has 1 aliphatic rings. The lowest BCUT2D eigenvalue weighted by Gasteiger charge is -2.17. The summed E-state index contributed by atoms with van der Waals surface area (Å²) in [6.07, 6.45) is 3.12. The molecule has 0 unspecified atom stereocenters. The molecular formula is C23H18IN3OS. The van der Waals surface area contributed by atoms with Gasteiger partial charge in [-0.25, -0.2) is 4.98 Å². The zero-order valence-corrected chi connectivity index (χ0v) is 18.5. The average molecular weight is 511 g/mol. The molecule has 0 atom stereocenters. The highest BCUT2D eigenvalue weighted by molar-refractivity contribution is 14.1. The van der Waals surface area contributed by atoms with Crippen molar-refractivity contribution in [2.24, 2.45) is 0 Å². The smallest absolute Gasteiger partial charge is 0.231 e. The van der Waals surface area contributed by atoms with Crippen molar-refractivity contribution in [3.8, 4) is 11.1 Å². The van der Waals surface area contributed by atoms with Crippen molar-refractivity contribution in [2.45, 2.75) is 12.8 Å². The minimum Gasteiger partial charge on any atom is -0.383 e. The number of nitrogens with zero attached hydrogens (tertiary/aromatic N) is 2. The number of aromatic nitrogens is 1. The molecule has 144 valence electrons. The number of carbonyl (C=O) groups is 1. The SMILES string of the molecule is Nc1ncc(I)c2scc(-c3ccc4c(c3)CCN4C(=O)Cc3ccccc3)c12. The van der Waals surface area contributed by atoms with Crippen LogP contribution >= 0.6 is 33.9 Å². The topological polar surface area (TPSA) is 59.2 Å². The second-order valence-electron chi connectivity index (χ2n) is 7.15. The van der Waals surface area contributed by atoms with E-state index in [0.29, 0.717) is 12.2 Å². The van der Waals surface area contributed by atoms with Crippen molar-refractivity contribution in [3.63, 3.8) is 0 Å². The van der Waals surface area contributed by atoms with Crippen LogP contribution in [0.1, 0.15) is 11.1 Å². The molecule has 1 aliphatic heterocycles. The summed E-state index contributed by atoms with van der Waals surface area (Å²) in [5, 5.41) is 3.18. The van der Waals surface area contributed by atoms with E-state index in [1.807, 2.05) is 41.4 Å². The molecule has 2 aromatic heterocycles. The van der Waals surface area contributed by atoms with E-state index >= 15 is 0 Å². The van der Waals surface area contributed by atoms with E-state index in [1.165, 1.54) is 10.3 Å². The molecule has 2 aromatic carbocycles. The zero-order chi connectivity index (χ0) is 20.0. The van der Waals surface area contributed by atoms with E-state index in [-0.39, 0.29) is 5.91 Å². The molecule has 2 N–H and O–H groups in total. The maximum absolute atomic E-state index is 12.8. The third-order valence-corrected chi connectivity index (χ3v) is 7.56. The summed E-state index contributed by atoms with van der Waals surface area (Å²) in [6.45, 7) is 0.733. The molecule has 4 aromatic rings. The van der Waals surface area contributed by atoms with E-state index < -0.39 is 0 Å². The highest BCUT2D eigenvalue weighted by atomic mass is 127. The number of amides is 1. The molecule has 1 amide bonds. The number of nitrogen functional groups attached to an aromatic ring is 1. The Balaban J connectivity index is 1.48. The minimum absolute atomic E-state index is 0.145. The number of benzene rings is 2. The van der Waals surface area contributed by atoms with Gasteiger partial charge in [0, 0.05) is 32.9 Å². The lowest BCUT2D eigenvalue weighted by atomic mass is 10.0. The summed E-state index contributed by atoms with van der Waals surface area (Å²) in [7, 11) is 0. The first-order valence-corrected chi connectivity index (χ1v) is 11.4. The van der Waals surface area contributed by atoms with E-state index in [1.54, 1.807) is 11.3 Å². The third-order valence-electron chi connectivity index (χ3n) is 5.37. The second kappa shape index (κ2) is 7.42. The van der Waals surface area contributed by atoms with Gasteiger partial charge in [-0.05, 0) is 63.2 Å². The maximum atomic E-state index is 12.8. The van der Waals surface area contributed by atoms with Gasteiger partial charge in [0.05, 0.1) is 11.1 Å². The van der Waals surface area contributed by atoms with Crippen molar-refractivity contribution in [1.29, 1.82) is 0 Å². The summed E-state index contributed by atoms with van der Waals surface area (Å²) >= 11 is 4.00. The highest BCUT2D eigenvalue weighted by Crippen LogP contribution is 2.41. The number of rotatable bonds is 3. The minimum atomic E-state index is 0.145. The number of hydrogen-bond acceptors (Lipinski definition) is 4. The number of hydrogen-bond donors (Lipinski definition) is 1. The molecule has 0 radical (unpaired) electrons. The number of thiophene rings is 1. The van der Waals surface area contributed by atoms with E-state index in [4.69, 9.17) is 5.73 Å². The van der Waals surface area contributed by atoms with Crippen LogP contribution in [-0.2, 0) is 17.6 Å². The van der Waals surface area contributed by atoms with Gasteiger partial charge in [-0.3, -0.25) is 4.79 Å². The Bertz CT molecular complexity index is 1240. The summed E-state index contributed by atoms with van der Waals surface area (Å²) in [4.78, 5) is 19.1. The van der Waals surface area contributed by atoms with Crippen molar-refractivity contribution >= 4 is 61.4 Å². The first-order valence-electron chi connectivity index (χ1n) is 9.40. The Morgan fingerprint density at radius 1 is 1.21 bits per heavy atom. The molecule has 0 saturated carbocycles. The Morgan fingerprint density at radius 2 is 2.03 bits per heavy atom. The van der Waals surface area contributed by atoms with Crippen LogP contribution in [0.4, 0.5) is 11.5 Å². The Hall–Kier alpha value is -2.45. The number of carbonyl (C=O) groups excluding carboxylic acids is 1.